The summed E-state index contributed by atoms with van der Waals surface area (Å²) in [4.78, 5) is 4.17. The standard InChI is InChI=1S/C28H14N6S4/c29-13-15-5-1-3-7-17(15)19-9-11-21(35-19)23-25-27(33-37-31-25)24(28-26(23)32-38-34-28)22-12-10-20(36-22)18-8-4-2-6-16(18)14-30/h1-12,31,33H. The zero-order chi connectivity index (χ0) is 25.6. The van der Waals surface area contributed by atoms with E-state index in [1.807, 2.05) is 48.5 Å². The van der Waals surface area contributed by atoms with Gasteiger partial charge in [0.25, 0.3) is 0 Å². The monoisotopic (exact) mass is 562 g/mol. The largest absolute Gasteiger partial charge is 0.309 e. The van der Waals surface area contributed by atoms with Crippen molar-refractivity contribution in [2.45, 2.75) is 0 Å². The lowest BCUT2D eigenvalue weighted by Crippen LogP contribution is -1.90. The van der Waals surface area contributed by atoms with Gasteiger partial charge in [-0.1, -0.05) is 36.4 Å². The van der Waals surface area contributed by atoms with Crippen molar-refractivity contribution in [3.05, 3.63) is 83.9 Å². The minimum atomic E-state index is 0.656. The van der Waals surface area contributed by atoms with Crippen LogP contribution in [0.15, 0.2) is 72.8 Å². The van der Waals surface area contributed by atoms with Gasteiger partial charge in [-0.2, -0.15) is 19.3 Å². The summed E-state index contributed by atoms with van der Waals surface area (Å²) < 4.78 is 16.4. The molecular formula is C28H14N6S4. The lowest BCUT2D eigenvalue weighted by Gasteiger charge is -2.11. The SMILES string of the molecule is N#Cc1ccccc1-c1ccc(-c2c3c(c(-c4ccc(-c5ccccc5C#N)s4)c4nsnc24)NSN3)s1. The molecule has 0 amide bonds. The summed E-state index contributed by atoms with van der Waals surface area (Å²) in [6, 6.07) is 28.2. The van der Waals surface area contributed by atoms with Crippen LogP contribution in [0.2, 0.25) is 0 Å². The third-order valence-corrected chi connectivity index (χ3v) is 9.76. The van der Waals surface area contributed by atoms with Crippen molar-refractivity contribution in [1.82, 2.24) is 8.75 Å². The molecule has 1 aliphatic rings. The van der Waals surface area contributed by atoms with Gasteiger partial charge >= 0.3 is 0 Å². The van der Waals surface area contributed by atoms with Gasteiger partial charge in [0, 0.05) is 41.8 Å². The number of thiophene rings is 2. The highest BCUT2D eigenvalue weighted by Gasteiger charge is 2.29. The second-order valence-electron chi connectivity index (χ2n) is 8.41. The number of fused-ring (bicyclic) bond motifs is 2. The van der Waals surface area contributed by atoms with E-state index in [4.69, 9.17) is 8.75 Å². The summed E-state index contributed by atoms with van der Waals surface area (Å²) in [5.74, 6) is 0. The molecule has 0 spiro atoms. The van der Waals surface area contributed by atoms with Crippen LogP contribution in [0, 0.1) is 22.7 Å². The zero-order valence-corrected chi connectivity index (χ0v) is 22.6. The first-order valence-electron chi connectivity index (χ1n) is 11.5. The zero-order valence-electron chi connectivity index (χ0n) is 19.4. The molecule has 0 radical (unpaired) electrons. The van der Waals surface area contributed by atoms with Gasteiger partial charge in [-0.15, -0.1) is 22.7 Å². The predicted octanol–water partition coefficient (Wildman–Crippen LogP) is 8.63. The van der Waals surface area contributed by atoms with E-state index in [0.29, 0.717) is 11.1 Å². The fourth-order valence-electron chi connectivity index (χ4n) is 4.64. The van der Waals surface area contributed by atoms with Crippen LogP contribution in [0.3, 0.4) is 0 Å². The number of rotatable bonds is 4. The molecule has 0 bridgehead atoms. The van der Waals surface area contributed by atoms with Gasteiger partial charge in [0.05, 0.1) is 58.5 Å². The number of benzene rings is 3. The summed E-state index contributed by atoms with van der Waals surface area (Å²) in [5.41, 5.74) is 8.80. The summed E-state index contributed by atoms with van der Waals surface area (Å²) in [7, 11) is 0. The first-order valence-corrected chi connectivity index (χ1v) is 14.6. The Kier molecular flexibility index (Phi) is 5.61. The van der Waals surface area contributed by atoms with Gasteiger partial charge in [-0.05, 0) is 36.4 Å². The molecule has 0 aliphatic carbocycles. The number of aromatic nitrogens is 2. The number of nitrogens with one attached hydrogen (secondary N) is 2. The Morgan fingerprint density at radius 1 is 0.579 bits per heavy atom. The van der Waals surface area contributed by atoms with Crippen LogP contribution in [0.25, 0.3) is 52.8 Å². The Hall–Kier alpha value is -4.19. The Balaban J connectivity index is 1.39. The maximum Gasteiger partial charge on any atom is 0.116 e. The van der Waals surface area contributed by atoms with Crippen molar-refractivity contribution < 1.29 is 0 Å². The Labute approximate surface area is 234 Å². The maximum absolute atomic E-state index is 9.59. The van der Waals surface area contributed by atoms with Crippen LogP contribution >= 0.6 is 46.5 Å². The van der Waals surface area contributed by atoms with Gasteiger partial charge in [0.15, 0.2) is 0 Å². The van der Waals surface area contributed by atoms with Gasteiger partial charge in [0.2, 0.25) is 0 Å². The topological polar surface area (TPSA) is 97.4 Å². The molecule has 7 rings (SSSR count). The second-order valence-corrected chi connectivity index (χ2v) is 11.7. The highest BCUT2D eigenvalue weighted by atomic mass is 32.2. The van der Waals surface area contributed by atoms with Gasteiger partial charge < -0.3 is 9.44 Å². The lowest BCUT2D eigenvalue weighted by molar-refractivity contribution is 1.49. The first-order chi connectivity index (χ1) is 18.8. The molecule has 0 atom stereocenters. The van der Waals surface area contributed by atoms with Crippen molar-refractivity contribution in [2.24, 2.45) is 0 Å². The van der Waals surface area contributed by atoms with Crippen molar-refractivity contribution >= 4 is 68.9 Å². The summed E-state index contributed by atoms with van der Waals surface area (Å²) >= 11 is 5.91. The third-order valence-electron chi connectivity index (χ3n) is 6.35. The third kappa shape index (κ3) is 3.58. The van der Waals surface area contributed by atoms with E-state index < -0.39 is 0 Å². The van der Waals surface area contributed by atoms with E-state index in [9.17, 15) is 10.5 Å². The molecule has 4 heterocycles. The molecule has 3 aromatic heterocycles. The lowest BCUT2D eigenvalue weighted by atomic mass is 10.0. The van der Waals surface area contributed by atoms with Crippen LogP contribution in [0.4, 0.5) is 11.4 Å². The number of anilines is 2. The molecule has 180 valence electrons. The Morgan fingerprint density at radius 2 is 1.03 bits per heavy atom. The molecule has 3 aromatic carbocycles. The van der Waals surface area contributed by atoms with Gasteiger partial charge in [0.1, 0.15) is 11.0 Å². The van der Waals surface area contributed by atoms with Crippen LogP contribution in [-0.4, -0.2) is 8.75 Å². The molecule has 6 nitrogen and oxygen atoms in total. The van der Waals surface area contributed by atoms with E-state index in [1.54, 1.807) is 22.7 Å². The van der Waals surface area contributed by atoms with Crippen molar-refractivity contribution in [1.29, 1.82) is 10.5 Å². The molecule has 0 unspecified atom stereocenters. The number of nitriles is 2. The highest BCUT2D eigenvalue weighted by molar-refractivity contribution is 8.02. The fourth-order valence-corrected chi connectivity index (χ4v) is 8.06. The van der Waals surface area contributed by atoms with Crippen LogP contribution < -0.4 is 9.44 Å². The molecule has 0 saturated carbocycles. The molecule has 10 heteroatoms. The molecule has 6 aromatic rings. The van der Waals surface area contributed by atoms with Crippen molar-refractivity contribution in [3.63, 3.8) is 0 Å². The van der Waals surface area contributed by atoms with E-state index >= 15 is 0 Å². The van der Waals surface area contributed by atoms with Crippen LogP contribution in [0.5, 0.6) is 0 Å². The number of hydrogen-bond acceptors (Lipinski definition) is 10. The normalized spacial score (nSPS) is 11.9. The first kappa shape index (κ1) is 23.0. The molecule has 2 N–H and O–H groups in total. The average Bonchev–Trinajstić information content (AvgIpc) is 3.78. The maximum atomic E-state index is 9.59. The Bertz CT molecular complexity index is 1810. The number of hydrogen-bond donors (Lipinski definition) is 2. The molecule has 1 aliphatic heterocycles. The smallest absolute Gasteiger partial charge is 0.116 e. The van der Waals surface area contributed by atoms with E-state index in [1.165, 1.54) is 23.9 Å². The second kappa shape index (κ2) is 9.28. The summed E-state index contributed by atoms with van der Waals surface area (Å²) in [5, 5.41) is 19.2. The van der Waals surface area contributed by atoms with Crippen LogP contribution in [0.1, 0.15) is 11.1 Å². The fraction of sp³-hybridized carbons (Fsp3) is 0. The molecule has 0 fully saturated rings. The Morgan fingerprint density at radius 3 is 1.50 bits per heavy atom. The van der Waals surface area contributed by atoms with E-state index in [-0.39, 0.29) is 0 Å². The van der Waals surface area contributed by atoms with Crippen molar-refractivity contribution in [2.75, 3.05) is 9.44 Å². The van der Waals surface area contributed by atoms with E-state index in [0.717, 1.165) is 64.2 Å². The summed E-state index contributed by atoms with van der Waals surface area (Å²) in [6.07, 6.45) is 0. The molecule has 0 saturated heterocycles. The minimum Gasteiger partial charge on any atom is -0.309 e. The van der Waals surface area contributed by atoms with E-state index in [2.05, 4.69) is 45.8 Å². The average molecular weight is 563 g/mol. The predicted molar refractivity (Wildman–Crippen MR) is 159 cm³/mol. The summed E-state index contributed by atoms with van der Waals surface area (Å²) in [6.45, 7) is 0. The minimum absolute atomic E-state index is 0.656. The van der Waals surface area contributed by atoms with Gasteiger partial charge in [-0.3, -0.25) is 0 Å². The number of nitrogens with zero attached hydrogens (tertiary/aromatic N) is 4. The highest BCUT2D eigenvalue weighted by Crippen LogP contribution is 2.54. The molecule has 38 heavy (non-hydrogen) atoms. The molecular weight excluding hydrogens is 549 g/mol. The van der Waals surface area contributed by atoms with Crippen molar-refractivity contribution in [3.8, 4) is 53.9 Å². The van der Waals surface area contributed by atoms with Crippen LogP contribution in [-0.2, 0) is 0 Å². The quantitative estimate of drug-likeness (QED) is 0.208. The van der Waals surface area contributed by atoms with Gasteiger partial charge in [-0.25, -0.2) is 0 Å².